The monoisotopic (exact) mass is 353 g/mol. The van der Waals surface area contributed by atoms with Crippen LogP contribution in [0, 0.1) is 11.6 Å². The number of nitrogens with zero attached hydrogens (tertiary/aromatic N) is 2. The summed E-state index contributed by atoms with van der Waals surface area (Å²) >= 11 is 0. The van der Waals surface area contributed by atoms with Gasteiger partial charge in [0.05, 0.1) is 5.69 Å². The van der Waals surface area contributed by atoms with E-state index < -0.39 is 11.6 Å². The van der Waals surface area contributed by atoms with Gasteiger partial charge in [-0.2, -0.15) is 0 Å². The molecule has 1 atom stereocenters. The van der Waals surface area contributed by atoms with Crippen LogP contribution in [0.2, 0.25) is 0 Å². The lowest BCUT2D eigenvalue weighted by Gasteiger charge is -2.21. The number of carbonyl (C=O) groups excluding carboxylic acids is 1. The Morgan fingerprint density at radius 2 is 2.04 bits per heavy atom. The number of nitrogens with one attached hydrogen (secondary N) is 3. The number of halogens is 2. The summed E-state index contributed by atoms with van der Waals surface area (Å²) in [5.74, 6) is -0.721. The molecule has 25 heavy (non-hydrogen) atoms. The predicted molar refractivity (Wildman–Crippen MR) is 94.8 cm³/mol. The van der Waals surface area contributed by atoms with Crippen LogP contribution in [0.15, 0.2) is 23.2 Å². The van der Waals surface area contributed by atoms with Crippen molar-refractivity contribution in [3.05, 3.63) is 29.8 Å². The van der Waals surface area contributed by atoms with Gasteiger partial charge in [-0.25, -0.2) is 13.8 Å². The normalized spacial score (nSPS) is 17.5. The predicted octanol–water partition coefficient (Wildman–Crippen LogP) is 1.23. The molecule has 1 saturated heterocycles. The Labute approximate surface area is 146 Å². The van der Waals surface area contributed by atoms with E-state index in [0.29, 0.717) is 37.8 Å². The molecule has 0 saturated carbocycles. The van der Waals surface area contributed by atoms with Gasteiger partial charge in [-0.05, 0) is 32.4 Å². The number of hydrogen-bond acceptors (Lipinski definition) is 3. The molecule has 1 amide bonds. The zero-order valence-corrected chi connectivity index (χ0v) is 14.6. The van der Waals surface area contributed by atoms with Crippen molar-refractivity contribution < 1.29 is 13.6 Å². The summed E-state index contributed by atoms with van der Waals surface area (Å²) in [6.45, 7) is 6.32. The van der Waals surface area contributed by atoms with Gasteiger partial charge in [0.15, 0.2) is 5.96 Å². The van der Waals surface area contributed by atoms with Crippen molar-refractivity contribution >= 4 is 17.6 Å². The lowest BCUT2D eigenvalue weighted by atomic mass is 10.2. The molecule has 0 spiro atoms. The van der Waals surface area contributed by atoms with E-state index in [9.17, 15) is 13.6 Å². The summed E-state index contributed by atoms with van der Waals surface area (Å²) in [7, 11) is 0. The molecule has 8 heteroatoms. The molecular weight excluding hydrogens is 328 g/mol. The second-order valence-electron chi connectivity index (χ2n) is 5.82. The maximum atomic E-state index is 13.9. The largest absolute Gasteiger partial charge is 0.367 e. The fourth-order valence-electron chi connectivity index (χ4n) is 2.75. The van der Waals surface area contributed by atoms with Crippen molar-refractivity contribution in [2.75, 3.05) is 37.6 Å². The number of aliphatic imine (C=N–C) groups is 1. The SMILES string of the molecule is CCNC(=O)CN=C(NCC)NC1CCN(c2ccc(F)cc2F)C1. The van der Waals surface area contributed by atoms with Crippen molar-refractivity contribution in [1.29, 1.82) is 0 Å². The summed E-state index contributed by atoms with van der Waals surface area (Å²) < 4.78 is 27.0. The third kappa shape index (κ3) is 5.58. The van der Waals surface area contributed by atoms with Crippen LogP contribution in [-0.2, 0) is 4.79 Å². The second-order valence-corrected chi connectivity index (χ2v) is 5.82. The van der Waals surface area contributed by atoms with Gasteiger partial charge in [0.1, 0.15) is 18.2 Å². The highest BCUT2D eigenvalue weighted by Gasteiger charge is 2.25. The molecule has 1 aromatic rings. The molecule has 1 unspecified atom stereocenters. The van der Waals surface area contributed by atoms with Crippen molar-refractivity contribution in [3.63, 3.8) is 0 Å². The Morgan fingerprint density at radius 3 is 2.72 bits per heavy atom. The summed E-state index contributed by atoms with van der Waals surface area (Å²) in [5, 5.41) is 9.06. The Balaban J connectivity index is 1.95. The third-order valence-corrected chi connectivity index (χ3v) is 3.88. The average molecular weight is 353 g/mol. The van der Waals surface area contributed by atoms with Gasteiger partial charge in [0.2, 0.25) is 5.91 Å². The van der Waals surface area contributed by atoms with Crippen LogP contribution in [0.25, 0.3) is 0 Å². The number of guanidine groups is 1. The van der Waals surface area contributed by atoms with E-state index in [0.717, 1.165) is 12.5 Å². The Morgan fingerprint density at radius 1 is 1.28 bits per heavy atom. The molecule has 6 nitrogen and oxygen atoms in total. The van der Waals surface area contributed by atoms with Crippen LogP contribution >= 0.6 is 0 Å². The maximum Gasteiger partial charge on any atom is 0.241 e. The van der Waals surface area contributed by atoms with E-state index in [4.69, 9.17) is 0 Å². The van der Waals surface area contributed by atoms with Gasteiger partial charge in [0, 0.05) is 38.3 Å². The minimum atomic E-state index is -0.581. The quantitative estimate of drug-likeness (QED) is 0.532. The third-order valence-electron chi connectivity index (χ3n) is 3.88. The first kappa shape index (κ1) is 19.0. The minimum absolute atomic E-state index is 0.0478. The van der Waals surface area contributed by atoms with Crippen molar-refractivity contribution in [2.24, 2.45) is 4.99 Å². The second kappa shape index (κ2) is 9.19. The van der Waals surface area contributed by atoms with Gasteiger partial charge in [-0.15, -0.1) is 0 Å². The Kier molecular flexibility index (Phi) is 6.97. The summed E-state index contributed by atoms with van der Waals surface area (Å²) in [6, 6.07) is 3.68. The number of benzene rings is 1. The minimum Gasteiger partial charge on any atom is -0.367 e. The van der Waals surface area contributed by atoms with Crippen molar-refractivity contribution in [1.82, 2.24) is 16.0 Å². The molecule has 0 radical (unpaired) electrons. The lowest BCUT2D eigenvalue weighted by Crippen LogP contribution is -2.45. The standard InChI is InChI=1S/C17H25F2N5O/c1-3-20-16(25)10-22-17(21-4-2)23-13-7-8-24(11-13)15-6-5-12(18)9-14(15)19/h5-6,9,13H,3-4,7-8,10-11H2,1-2H3,(H,20,25)(H2,21,22,23). The van der Waals surface area contributed by atoms with Gasteiger partial charge in [0.25, 0.3) is 0 Å². The van der Waals surface area contributed by atoms with Gasteiger partial charge in [-0.3, -0.25) is 4.79 Å². The number of amides is 1. The van der Waals surface area contributed by atoms with Gasteiger partial charge >= 0.3 is 0 Å². The average Bonchev–Trinajstić information content (AvgIpc) is 3.01. The summed E-state index contributed by atoms with van der Waals surface area (Å²) in [5.41, 5.74) is 0.398. The van der Waals surface area contributed by atoms with E-state index >= 15 is 0 Å². The van der Waals surface area contributed by atoms with E-state index in [-0.39, 0.29) is 18.5 Å². The molecule has 138 valence electrons. The molecule has 2 rings (SSSR count). The van der Waals surface area contributed by atoms with Gasteiger partial charge in [-0.1, -0.05) is 0 Å². The van der Waals surface area contributed by atoms with E-state index in [2.05, 4.69) is 20.9 Å². The van der Waals surface area contributed by atoms with E-state index in [1.165, 1.54) is 12.1 Å². The number of carbonyl (C=O) groups is 1. The fourth-order valence-corrected chi connectivity index (χ4v) is 2.75. The molecule has 0 bridgehead atoms. The molecule has 3 N–H and O–H groups in total. The molecule has 1 aromatic carbocycles. The van der Waals surface area contributed by atoms with Crippen molar-refractivity contribution in [2.45, 2.75) is 26.3 Å². The van der Waals surface area contributed by atoms with Crippen LogP contribution in [0.4, 0.5) is 14.5 Å². The molecular formula is C17H25F2N5O. The highest BCUT2D eigenvalue weighted by atomic mass is 19.1. The highest BCUT2D eigenvalue weighted by Crippen LogP contribution is 2.24. The molecule has 1 aliphatic heterocycles. The molecule has 0 aliphatic carbocycles. The molecule has 1 heterocycles. The number of rotatable bonds is 6. The fraction of sp³-hybridized carbons (Fsp3) is 0.529. The first-order valence-corrected chi connectivity index (χ1v) is 8.55. The van der Waals surface area contributed by atoms with E-state index in [1.807, 2.05) is 18.7 Å². The Bertz CT molecular complexity index is 623. The first-order chi connectivity index (χ1) is 12.0. The summed E-state index contributed by atoms with van der Waals surface area (Å²) in [4.78, 5) is 17.7. The van der Waals surface area contributed by atoms with Crippen LogP contribution in [0.5, 0.6) is 0 Å². The topological polar surface area (TPSA) is 68.8 Å². The molecule has 0 aromatic heterocycles. The number of hydrogen-bond donors (Lipinski definition) is 3. The van der Waals surface area contributed by atoms with Crippen LogP contribution in [0.1, 0.15) is 20.3 Å². The molecule has 1 aliphatic rings. The zero-order chi connectivity index (χ0) is 18.2. The smallest absolute Gasteiger partial charge is 0.241 e. The lowest BCUT2D eigenvalue weighted by molar-refractivity contribution is -0.119. The summed E-state index contributed by atoms with van der Waals surface area (Å²) in [6.07, 6.45) is 0.794. The van der Waals surface area contributed by atoms with Crippen LogP contribution in [0.3, 0.4) is 0 Å². The zero-order valence-electron chi connectivity index (χ0n) is 14.6. The number of anilines is 1. The molecule has 1 fully saturated rings. The van der Waals surface area contributed by atoms with Crippen LogP contribution in [-0.4, -0.2) is 50.6 Å². The highest BCUT2D eigenvalue weighted by molar-refractivity contribution is 5.85. The first-order valence-electron chi connectivity index (χ1n) is 8.55. The van der Waals surface area contributed by atoms with Crippen molar-refractivity contribution in [3.8, 4) is 0 Å². The Hall–Kier alpha value is -2.38. The van der Waals surface area contributed by atoms with Gasteiger partial charge < -0.3 is 20.9 Å². The van der Waals surface area contributed by atoms with E-state index in [1.54, 1.807) is 0 Å². The maximum absolute atomic E-state index is 13.9. The van der Waals surface area contributed by atoms with Crippen LogP contribution < -0.4 is 20.9 Å². The number of likely N-dealkylation sites (N-methyl/N-ethyl adjacent to an activating group) is 1.